The van der Waals surface area contributed by atoms with Gasteiger partial charge in [0.2, 0.25) is 0 Å². The number of hydrogen-bond donors (Lipinski definition) is 1. The van der Waals surface area contributed by atoms with E-state index in [1.807, 2.05) is 12.3 Å². The smallest absolute Gasteiger partial charge is 0.0750 e. The molecule has 1 saturated heterocycles. The van der Waals surface area contributed by atoms with Crippen molar-refractivity contribution in [3.05, 3.63) is 42.1 Å². The lowest BCUT2D eigenvalue weighted by molar-refractivity contribution is 0.120. The molecule has 0 radical (unpaired) electrons. The van der Waals surface area contributed by atoms with Gasteiger partial charge in [0, 0.05) is 23.7 Å². The third-order valence-electron chi connectivity index (χ3n) is 4.72. The van der Waals surface area contributed by atoms with E-state index in [9.17, 15) is 0 Å². The van der Waals surface area contributed by atoms with E-state index in [4.69, 9.17) is 5.73 Å². The van der Waals surface area contributed by atoms with E-state index in [1.54, 1.807) is 0 Å². The first-order valence-electron chi connectivity index (χ1n) is 7.69. The fourth-order valence-corrected chi connectivity index (χ4v) is 3.64. The van der Waals surface area contributed by atoms with E-state index in [-0.39, 0.29) is 6.04 Å². The summed E-state index contributed by atoms with van der Waals surface area (Å²) in [4.78, 5) is 7.26. The zero-order valence-corrected chi connectivity index (χ0v) is 11.7. The van der Waals surface area contributed by atoms with Crippen LogP contribution in [-0.4, -0.2) is 28.5 Å². The first-order valence-corrected chi connectivity index (χ1v) is 7.69. The van der Waals surface area contributed by atoms with Crippen LogP contribution in [-0.2, 0) is 0 Å². The average molecular weight is 267 g/mol. The molecule has 1 aliphatic carbocycles. The highest BCUT2D eigenvalue weighted by molar-refractivity contribution is 5.82. The van der Waals surface area contributed by atoms with Gasteiger partial charge in [-0.25, -0.2) is 0 Å². The van der Waals surface area contributed by atoms with Gasteiger partial charge in [-0.3, -0.25) is 9.88 Å². The number of aromatic nitrogens is 1. The predicted octanol–water partition coefficient (Wildman–Crippen LogP) is 2.86. The molecule has 3 heteroatoms. The molecule has 4 rings (SSSR count). The Morgan fingerprint density at radius 1 is 1.10 bits per heavy atom. The third-order valence-corrected chi connectivity index (χ3v) is 4.72. The fraction of sp³-hybridized carbons (Fsp3) is 0.471. The van der Waals surface area contributed by atoms with E-state index >= 15 is 0 Å². The predicted molar refractivity (Wildman–Crippen MR) is 81.4 cm³/mol. The number of piperidine rings is 1. The monoisotopic (exact) mass is 267 g/mol. The highest BCUT2D eigenvalue weighted by Crippen LogP contribution is 2.40. The van der Waals surface area contributed by atoms with Crippen molar-refractivity contribution in [2.24, 2.45) is 5.73 Å². The van der Waals surface area contributed by atoms with Crippen LogP contribution in [0.1, 0.15) is 37.3 Å². The number of pyridine rings is 1. The SMILES string of the molecule is NC1CCCN(C2CC2)C1c1cccc2cccnc12. The highest BCUT2D eigenvalue weighted by Gasteiger charge is 2.39. The zero-order chi connectivity index (χ0) is 13.5. The minimum Gasteiger partial charge on any atom is -0.326 e. The van der Waals surface area contributed by atoms with Crippen molar-refractivity contribution in [1.29, 1.82) is 0 Å². The molecule has 3 nitrogen and oxygen atoms in total. The largest absolute Gasteiger partial charge is 0.326 e. The molecule has 0 spiro atoms. The second-order valence-corrected chi connectivity index (χ2v) is 6.14. The summed E-state index contributed by atoms with van der Waals surface area (Å²) in [6.45, 7) is 1.19. The van der Waals surface area contributed by atoms with E-state index in [0.717, 1.165) is 18.0 Å². The van der Waals surface area contributed by atoms with Gasteiger partial charge >= 0.3 is 0 Å². The highest BCUT2D eigenvalue weighted by atomic mass is 15.2. The number of nitrogens with zero attached hydrogens (tertiary/aromatic N) is 2. The average Bonchev–Trinajstić information content (AvgIpc) is 3.31. The first kappa shape index (κ1) is 12.3. The van der Waals surface area contributed by atoms with Crippen molar-refractivity contribution in [1.82, 2.24) is 9.88 Å². The Balaban J connectivity index is 1.82. The summed E-state index contributed by atoms with van der Waals surface area (Å²) in [5.41, 5.74) is 8.94. The molecule has 2 aliphatic rings. The number of likely N-dealkylation sites (tertiary alicyclic amines) is 1. The van der Waals surface area contributed by atoms with Crippen molar-refractivity contribution < 1.29 is 0 Å². The molecule has 0 amide bonds. The molecule has 1 aromatic carbocycles. The second kappa shape index (κ2) is 4.83. The molecule has 0 bridgehead atoms. The molecule has 1 aromatic heterocycles. The van der Waals surface area contributed by atoms with E-state index < -0.39 is 0 Å². The first-order chi connectivity index (χ1) is 9.84. The van der Waals surface area contributed by atoms with Gasteiger partial charge in [-0.1, -0.05) is 24.3 Å². The Morgan fingerprint density at radius 2 is 1.95 bits per heavy atom. The maximum Gasteiger partial charge on any atom is 0.0750 e. The lowest BCUT2D eigenvalue weighted by Gasteiger charge is -2.40. The summed E-state index contributed by atoms with van der Waals surface area (Å²) >= 11 is 0. The van der Waals surface area contributed by atoms with Gasteiger partial charge in [0.25, 0.3) is 0 Å². The summed E-state index contributed by atoms with van der Waals surface area (Å²) in [5, 5.41) is 1.22. The van der Waals surface area contributed by atoms with Crippen LogP contribution in [0.15, 0.2) is 36.5 Å². The standard InChI is InChI=1S/C17H21N3/c18-15-7-3-11-20(13-8-9-13)17(15)14-6-1-4-12-5-2-10-19-16(12)14/h1-2,4-6,10,13,15,17H,3,7-9,11,18H2. The van der Waals surface area contributed by atoms with Crippen molar-refractivity contribution >= 4 is 10.9 Å². The van der Waals surface area contributed by atoms with Crippen LogP contribution in [0.3, 0.4) is 0 Å². The van der Waals surface area contributed by atoms with Gasteiger partial charge < -0.3 is 5.73 Å². The number of nitrogens with two attached hydrogens (primary N) is 1. The number of para-hydroxylation sites is 1. The number of fused-ring (bicyclic) bond motifs is 1. The Morgan fingerprint density at radius 3 is 2.80 bits per heavy atom. The van der Waals surface area contributed by atoms with Crippen LogP contribution >= 0.6 is 0 Å². The van der Waals surface area contributed by atoms with E-state index in [1.165, 1.54) is 36.8 Å². The minimum atomic E-state index is 0.233. The third kappa shape index (κ3) is 2.02. The van der Waals surface area contributed by atoms with Crippen LogP contribution in [0.5, 0.6) is 0 Å². The summed E-state index contributed by atoms with van der Waals surface area (Å²) < 4.78 is 0. The summed E-state index contributed by atoms with van der Waals surface area (Å²) in [5.74, 6) is 0. The van der Waals surface area contributed by atoms with Crippen LogP contribution < -0.4 is 5.73 Å². The summed E-state index contributed by atoms with van der Waals surface area (Å²) in [6.07, 6.45) is 6.91. The normalized spacial score (nSPS) is 27.9. The molecule has 104 valence electrons. The molecule has 2 unspecified atom stereocenters. The molecule has 2 N–H and O–H groups in total. The summed E-state index contributed by atoms with van der Waals surface area (Å²) in [7, 11) is 0. The molecule has 1 saturated carbocycles. The van der Waals surface area contributed by atoms with Gasteiger partial charge in [-0.15, -0.1) is 0 Å². The molecule has 20 heavy (non-hydrogen) atoms. The van der Waals surface area contributed by atoms with Gasteiger partial charge in [0.15, 0.2) is 0 Å². The second-order valence-electron chi connectivity index (χ2n) is 6.14. The molecule has 2 atom stereocenters. The van der Waals surface area contributed by atoms with Crippen LogP contribution in [0.4, 0.5) is 0 Å². The molecular formula is C17H21N3. The number of hydrogen-bond acceptors (Lipinski definition) is 3. The minimum absolute atomic E-state index is 0.233. The Hall–Kier alpha value is -1.45. The zero-order valence-electron chi connectivity index (χ0n) is 11.7. The van der Waals surface area contributed by atoms with Crippen molar-refractivity contribution in [3.8, 4) is 0 Å². The Bertz CT molecular complexity index is 615. The topological polar surface area (TPSA) is 42.1 Å². The summed E-state index contributed by atoms with van der Waals surface area (Å²) in [6, 6.07) is 12.0. The molecule has 2 heterocycles. The van der Waals surface area contributed by atoms with E-state index in [2.05, 4.69) is 34.1 Å². The molecular weight excluding hydrogens is 246 g/mol. The fourth-order valence-electron chi connectivity index (χ4n) is 3.64. The van der Waals surface area contributed by atoms with Crippen LogP contribution in [0, 0.1) is 0 Å². The van der Waals surface area contributed by atoms with Gasteiger partial charge in [0.1, 0.15) is 0 Å². The van der Waals surface area contributed by atoms with Gasteiger partial charge in [-0.2, -0.15) is 0 Å². The van der Waals surface area contributed by atoms with Crippen LogP contribution in [0.25, 0.3) is 10.9 Å². The Kier molecular flexibility index (Phi) is 2.97. The van der Waals surface area contributed by atoms with Crippen molar-refractivity contribution in [3.63, 3.8) is 0 Å². The Labute approximate surface area is 119 Å². The van der Waals surface area contributed by atoms with Crippen molar-refractivity contribution in [2.75, 3.05) is 6.54 Å². The lowest BCUT2D eigenvalue weighted by Crippen LogP contribution is -2.46. The molecule has 2 fully saturated rings. The molecule has 2 aromatic rings. The number of benzene rings is 1. The maximum atomic E-state index is 6.49. The lowest BCUT2D eigenvalue weighted by atomic mass is 9.89. The maximum absolute atomic E-state index is 6.49. The van der Waals surface area contributed by atoms with Crippen LogP contribution in [0.2, 0.25) is 0 Å². The van der Waals surface area contributed by atoms with Gasteiger partial charge in [0.05, 0.1) is 11.6 Å². The quantitative estimate of drug-likeness (QED) is 0.909. The van der Waals surface area contributed by atoms with Crippen molar-refractivity contribution in [2.45, 2.75) is 43.8 Å². The van der Waals surface area contributed by atoms with E-state index in [0.29, 0.717) is 6.04 Å². The van der Waals surface area contributed by atoms with Gasteiger partial charge in [-0.05, 0) is 43.9 Å². The number of rotatable bonds is 2. The molecule has 1 aliphatic heterocycles.